The van der Waals surface area contributed by atoms with Crippen LogP contribution in [0.4, 0.5) is 0 Å². The Labute approximate surface area is 115 Å². The largest absolute Gasteiger partial charge is 0.347 e. The van der Waals surface area contributed by atoms with Gasteiger partial charge in [0.15, 0.2) is 0 Å². The van der Waals surface area contributed by atoms with Crippen molar-refractivity contribution in [3.63, 3.8) is 0 Å². The highest BCUT2D eigenvalue weighted by atomic mass is 15.0. The normalized spacial score (nSPS) is 41.6. The lowest BCUT2D eigenvalue weighted by molar-refractivity contribution is -0.0494. The molecule has 0 amide bonds. The van der Waals surface area contributed by atoms with Crippen LogP contribution in [0.1, 0.15) is 44.7 Å². The van der Waals surface area contributed by atoms with Crippen LogP contribution < -0.4 is 5.32 Å². The fraction of sp³-hybridized carbons (Fsp3) is 0.812. The maximum absolute atomic E-state index is 4.09. The molecular weight excluding hydrogens is 234 g/mol. The number of hydrogen-bond donors (Lipinski definition) is 2. The van der Waals surface area contributed by atoms with Gasteiger partial charge >= 0.3 is 0 Å². The first-order valence-corrected chi connectivity index (χ1v) is 8.00. The predicted molar refractivity (Wildman–Crippen MR) is 75.4 cm³/mol. The Bertz CT molecular complexity index is 397. The summed E-state index contributed by atoms with van der Waals surface area (Å²) in [6.07, 6.45) is 11.3. The Morgan fingerprint density at radius 1 is 1.21 bits per heavy atom. The first kappa shape index (κ1) is 12.0. The molecule has 2 N–H and O–H groups in total. The van der Waals surface area contributed by atoms with Gasteiger partial charge in [0.05, 0.1) is 6.33 Å². The summed E-state index contributed by atoms with van der Waals surface area (Å²) in [5.41, 5.74) is 1.20. The van der Waals surface area contributed by atoms with Gasteiger partial charge in [0, 0.05) is 24.5 Å². The van der Waals surface area contributed by atoms with Gasteiger partial charge in [-0.05, 0) is 68.6 Å². The first-order valence-electron chi connectivity index (χ1n) is 8.00. The van der Waals surface area contributed by atoms with Gasteiger partial charge in [-0.15, -0.1) is 0 Å². The van der Waals surface area contributed by atoms with Crippen LogP contribution in [-0.4, -0.2) is 16.0 Å². The maximum Gasteiger partial charge on any atom is 0.0922 e. The Morgan fingerprint density at radius 3 is 2.47 bits per heavy atom. The average Bonchev–Trinajstić information content (AvgIpc) is 2.88. The van der Waals surface area contributed by atoms with Crippen molar-refractivity contribution in [2.24, 2.45) is 29.6 Å². The third-order valence-corrected chi connectivity index (χ3v) is 6.05. The Morgan fingerprint density at radius 2 is 1.89 bits per heavy atom. The quantitative estimate of drug-likeness (QED) is 0.873. The highest BCUT2D eigenvalue weighted by Crippen LogP contribution is 2.57. The van der Waals surface area contributed by atoms with Crippen molar-refractivity contribution in [1.29, 1.82) is 0 Å². The van der Waals surface area contributed by atoms with Crippen LogP contribution >= 0.6 is 0 Å². The van der Waals surface area contributed by atoms with Gasteiger partial charge in [-0.2, -0.15) is 0 Å². The maximum atomic E-state index is 4.09. The predicted octanol–water partition coefficient (Wildman–Crippen LogP) is 2.96. The van der Waals surface area contributed by atoms with Gasteiger partial charge in [-0.3, -0.25) is 0 Å². The Balaban J connectivity index is 1.41. The summed E-state index contributed by atoms with van der Waals surface area (Å²) >= 11 is 0. The number of hydrogen-bond acceptors (Lipinski definition) is 2. The van der Waals surface area contributed by atoms with Crippen LogP contribution in [0, 0.1) is 29.6 Å². The molecule has 0 radical (unpaired) electrons. The van der Waals surface area contributed by atoms with E-state index < -0.39 is 0 Å². The molecule has 104 valence electrons. The van der Waals surface area contributed by atoms with Crippen molar-refractivity contribution in [3.8, 4) is 0 Å². The third kappa shape index (κ3) is 2.12. The molecule has 1 atom stereocenters. The van der Waals surface area contributed by atoms with Crippen molar-refractivity contribution in [1.82, 2.24) is 15.3 Å². The van der Waals surface area contributed by atoms with E-state index in [1.807, 2.05) is 6.20 Å². The molecule has 1 heterocycles. The lowest BCUT2D eigenvalue weighted by atomic mass is 9.50. The first-order chi connectivity index (χ1) is 9.29. The van der Waals surface area contributed by atoms with Crippen LogP contribution in [0.15, 0.2) is 12.5 Å². The topological polar surface area (TPSA) is 40.7 Å². The van der Waals surface area contributed by atoms with E-state index >= 15 is 0 Å². The third-order valence-electron chi connectivity index (χ3n) is 6.05. The summed E-state index contributed by atoms with van der Waals surface area (Å²) in [6, 6.07) is 0.651. The molecule has 0 aromatic carbocycles. The molecule has 4 aliphatic rings. The van der Waals surface area contributed by atoms with Gasteiger partial charge < -0.3 is 10.3 Å². The average molecular weight is 259 g/mol. The highest BCUT2D eigenvalue weighted by molar-refractivity contribution is 5.01. The van der Waals surface area contributed by atoms with E-state index in [2.05, 4.69) is 22.2 Å². The summed E-state index contributed by atoms with van der Waals surface area (Å²) in [5, 5.41) is 3.74. The molecule has 4 aliphatic carbocycles. The lowest BCUT2D eigenvalue weighted by Crippen LogP contribution is -2.51. The molecule has 5 rings (SSSR count). The number of H-pyrrole nitrogens is 1. The summed E-state index contributed by atoms with van der Waals surface area (Å²) < 4.78 is 0. The van der Waals surface area contributed by atoms with Crippen molar-refractivity contribution < 1.29 is 0 Å². The molecular formula is C16H25N3. The molecule has 3 heteroatoms. The van der Waals surface area contributed by atoms with Gasteiger partial charge in [0.2, 0.25) is 0 Å². The van der Waals surface area contributed by atoms with E-state index in [-0.39, 0.29) is 0 Å². The smallest absolute Gasteiger partial charge is 0.0922 e. The summed E-state index contributed by atoms with van der Waals surface area (Å²) in [6.45, 7) is 3.34. The molecule has 1 unspecified atom stereocenters. The SMILES string of the molecule is CC(NCc1cnc[nH]1)C1C2CC3CC(C2)CC1C3. The zero-order valence-corrected chi connectivity index (χ0v) is 11.8. The van der Waals surface area contributed by atoms with Crippen LogP contribution in [-0.2, 0) is 6.54 Å². The number of aromatic amines is 1. The number of nitrogens with zero attached hydrogens (tertiary/aromatic N) is 1. The van der Waals surface area contributed by atoms with Crippen LogP contribution in [0.2, 0.25) is 0 Å². The molecule has 0 spiro atoms. The minimum absolute atomic E-state index is 0.651. The van der Waals surface area contributed by atoms with E-state index in [1.165, 1.54) is 31.4 Å². The molecule has 3 nitrogen and oxygen atoms in total. The minimum Gasteiger partial charge on any atom is -0.347 e. The summed E-state index contributed by atoms with van der Waals surface area (Å²) in [5.74, 6) is 5.12. The monoisotopic (exact) mass is 259 g/mol. The minimum atomic E-state index is 0.651. The molecule has 1 aromatic heterocycles. The standard InChI is InChI=1S/C16H25N3/c1-10(18-8-15-7-17-9-19-15)16-13-3-11-2-12(5-13)6-14(16)4-11/h7,9-14,16,18H,2-6,8H2,1H3,(H,17,19). The van der Waals surface area contributed by atoms with Crippen molar-refractivity contribution in [2.75, 3.05) is 0 Å². The fourth-order valence-corrected chi connectivity index (χ4v) is 5.57. The summed E-state index contributed by atoms with van der Waals surface area (Å²) in [7, 11) is 0. The molecule has 0 aliphatic heterocycles. The van der Waals surface area contributed by atoms with E-state index in [9.17, 15) is 0 Å². The molecule has 4 bridgehead atoms. The zero-order chi connectivity index (χ0) is 12.8. The van der Waals surface area contributed by atoms with Crippen LogP contribution in [0.25, 0.3) is 0 Å². The van der Waals surface area contributed by atoms with Crippen molar-refractivity contribution in [2.45, 2.75) is 51.6 Å². The molecule has 19 heavy (non-hydrogen) atoms. The van der Waals surface area contributed by atoms with Crippen LogP contribution in [0.3, 0.4) is 0 Å². The van der Waals surface area contributed by atoms with Crippen molar-refractivity contribution in [3.05, 3.63) is 18.2 Å². The number of imidazole rings is 1. The second-order valence-corrected chi connectivity index (χ2v) is 7.25. The molecule has 0 saturated heterocycles. The Kier molecular flexibility index (Phi) is 2.91. The van der Waals surface area contributed by atoms with E-state index in [1.54, 1.807) is 12.7 Å². The number of rotatable bonds is 4. The lowest BCUT2D eigenvalue weighted by Gasteiger charge is -2.56. The van der Waals surface area contributed by atoms with E-state index in [0.29, 0.717) is 6.04 Å². The van der Waals surface area contributed by atoms with Gasteiger partial charge in [0.25, 0.3) is 0 Å². The van der Waals surface area contributed by atoms with Gasteiger partial charge in [-0.1, -0.05) is 0 Å². The zero-order valence-electron chi connectivity index (χ0n) is 11.8. The van der Waals surface area contributed by atoms with Gasteiger partial charge in [0.1, 0.15) is 0 Å². The van der Waals surface area contributed by atoms with Crippen molar-refractivity contribution >= 4 is 0 Å². The second kappa shape index (κ2) is 4.62. The summed E-state index contributed by atoms with van der Waals surface area (Å²) in [4.78, 5) is 7.28. The van der Waals surface area contributed by atoms with E-state index in [0.717, 1.165) is 36.1 Å². The van der Waals surface area contributed by atoms with Gasteiger partial charge in [-0.25, -0.2) is 4.98 Å². The molecule has 4 fully saturated rings. The van der Waals surface area contributed by atoms with Crippen LogP contribution in [0.5, 0.6) is 0 Å². The number of nitrogens with one attached hydrogen (secondary N) is 2. The second-order valence-electron chi connectivity index (χ2n) is 7.25. The fourth-order valence-electron chi connectivity index (χ4n) is 5.57. The Hall–Kier alpha value is -0.830. The number of aromatic nitrogens is 2. The highest BCUT2D eigenvalue weighted by Gasteiger charge is 2.49. The van der Waals surface area contributed by atoms with E-state index in [4.69, 9.17) is 0 Å². The molecule has 1 aromatic rings. The molecule has 4 saturated carbocycles.